The Labute approximate surface area is 155 Å². The smallest absolute Gasteiger partial charge is 0.194 e. The fourth-order valence-corrected chi connectivity index (χ4v) is 2.75. The van der Waals surface area contributed by atoms with Crippen LogP contribution in [0.4, 0.5) is 0 Å². The van der Waals surface area contributed by atoms with Gasteiger partial charge in [0.05, 0.1) is 18.8 Å². The van der Waals surface area contributed by atoms with Gasteiger partial charge in [-0.15, -0.1) is 0 Å². The molecule has 0 spiro atoms. The van der Waals surface area contributed by atoms with Crippen molar-refractivity contribution in [3.8, 4) is 5.69 Å². The summed E-state index contributed by atoms with van der Waals surface area (Å²) in [6.45, 7) is 6.00. The molecule has 1 aliphatic carbocycles. The van der Waals surface area contributed by atoms with Crippen LogP contribution in [0.25, 0.3) is 5.69 Å². The van der Waals surface area contributed by atoms with E-state index in [9.17, 15) is 0 Å². The highest BCUT2D eigenvalue weighted by Gasteiger charge is 2.21. The van der Waals surface area contributed by atoms with Crippen LogP contribution in [0.2, 0.25) is 0 Å². The van der Waals surface area contributed by atoms with E-state index >= 15 is 0 Å². The quantitative estimate of drug-likeness (QED) is 0.427. The third-order valence-corrected chi connectivity index (χ3v) is 4.46. The molecule has 0 radical (unpaired) electrons. The van der Waals surface area contributed by atoms with Crippen molar-refractivity contribution < 1.29 is 4.74 Å². The van der Waals surface area contributed by atoms with E-state index in [1.807, 2.05) is 29.1 Å². The Kier molecular flexibility index (Phi) is 6.66. The molecule has 1 aromatic heterocycles. The fourth-order valence-electron chi connectivity index (χ4n) is 2.75. The van der Waals surface area contributed by atoms with E-state index in [1.54, 1.807) is 6.20 Å². The van der Waals surface area contributed by atoms with Crippen LogP contribution in [-0.2, 0) is 11.3 Å². The summed E-state index contributed by atoms with van der Waals surface area (Å²) >= 11 is 0. The normalized spacial score (nSPS) is 14.5. The molecule has 1 aromatic carbocycles. The molecule has 1 N–H and O–H groups in total. The Morgan fingerprint density at radius 2 is 2.19 bits per heavy atom. The second-order valence-electron chi connectivity index (χ2n) is 6.69. The molecule has 0 aliphatic heterocycles. The Balaban J connectivity index is 1.61. The van der Waals surface area contributed by atoms with Crippen LogP contribution in [0.15, 0.2) is 47.7 Å². The third kappa shape index (κ3) is 5.33. The summed E-state index contributed by atoms with van der Waals surface area (Å²) in [4.78, 5) is 6.95. The first-order chi connectivity index (χ1) is 12.8. The lowest BCUT2D eigenvalue weighted by atomic mass is 10.2. The van der Waals surface area contributed by atoms with E-state index in [1.165, 1.54) is 12.8 Å². The number of ether oxygens (including phenoxy) is 1. The maximum Gasteiger partial charge on any atom is 0.194 e. The first-order valence-electron chi connectivity index (χ1n) is 9.43. The summed E-state index contributed by atoms with van der Waals surface area (Å²) in [5, 5.41) is 7.71. The number of para-hydroxylation sites is 1. The van der Waals surface area contributed by atoms with Crippen molar-refractivity contribution in [3.05, 3.63) is 48.3 Å². The monoisotopic (exact) mass is 355 g/mol. The number of hydrogen-bond donors (Lipinski definition) is 1. The van der Waals surface area contributed by atoms with E-state index in [-0.39, 0.29) is 0 Å². The lowest BCUT2D eigenvalue weighted by Gasteiger charge is -2.22. The zero-order chi connectivity index (χ0) is 18.2. The number of likely N-dealkylation sites (N-methyl/N-ethyl adjacent to an activating group) is 1. The third-order valence-electron chi connectivity index (χ3n) is 4.46. The van der Waals surface area contributed by atoms with E-state index in [4.69, 9.17) is 9.73 Å². The van der Waals surface area contributed by atoms with Gasteiger partial charge in [-0.3, -0.25) is 0 Å². The van der Waals surface area contributed by atoms with Gasteiger partial charge in [0.1, 0.15) is 0 Å². The molecule has 0 saturated heterocycles. The average molecular weight is 355 g/mol. The number of aromatic nitrogens is 2. The topological polar surface area (TPSA) is 54.7 Å². The van der Waals surface area contributed by atoms with Gasteiger partial charge in [-0.25, -0.2) is 9.67 Å². The van der Waals surface area contributed by atoms with Gasteiger partial charge in [0.15, 0.2) is 5.96 Å². The van der Waals surface area contributed by atoms with E-state index < -0.39 is 0 Å². The van der Waals surface area contributed by atoms with Crippen molar-refractivity contribution in [2.75, 3.05) is 33.4 Å². The molecule has 6 heteroatoms. The van der Waals surface area contributed by atoms with Gasteiger partial charge in [0, 0.05) is 39.1 Å². The minimum absolute atomic E-state index is 0.603. The standard InChI is InChI=1S/C20H29N5O/c1-3-21-20(24(2)13-14-26-16-17-9-10-17)22-15-18-7-4-5-8-19(18)25-12-6-11-23-25/h4-8,11-12,17H,3,9-10,13-16H2,1-2H3,(H,21,22). The molecule has 0 bridgehead atoms. The number of benzene rings is 1. The van der Waals surface area contributed by atoms with Gasteiger partial charge >= 0.3 is 0 Å². The van der Waals surface area contributed by atoms with Gasteiger partial charge < -0.3 is 15.0 Å². The Bertz CT molecular complexity index is 694. The summed E-state index contributed by atoms with van der Waals surface area (Å²) in [5.41, 5.74) is 2.21. The highest BCUT2D eigenvalue weighted by atomic mass is 16.5. The van der Waals surface area contributed by atoms with Crippen LogP contribution in [0, 0.1) is 5.92 Å². The lowest BCUT2D eigenvalue weighted by Crippen LogP contribution is -2.40. The number of hydrogen-bond acceptors (Lipinski definition) is 3. The predicted octanol–water partition coefficient (Wildman–Crippen LogP) is 2.70. The van der Waals surface area contributed by atoms with Gasteiger partial charge in [-0.2, -0.15) is 5.10 Å². The number of guanidine groups is 1. The van der Waals surface area contributed by atoms with Crippen molar-refractivity contribution >= 4 is 5.96 Å². The van der Waals surface area contributed by atoms with Crippen molar-refractivity contribution in [1.82, 2.24) is 20.0 Å². The largest absolute Gasteiger partial charge is 0.379 e. The van der Waals surface area contributed by atoms with Crippen molar-refractivity contribution in [1.29, 1.82) is 0 Å². The second-order valence-corrected chi connectivity index (χ2v) is 6.69. The minimum atomic E-state index is 0.603. The van der Waals surface area contributed by atoms with E-state index in [0.29, 0.717) is 6.54 Å². The van der Waals surface area contributed by atoms with E-state index in [0.717, 1.165) is 49.4 Å². The van der Waals surface area contributed by atoms with Gasteiger partial charge in [0.2, 0.25) is 0 Å². The zero-order valence-corrected chi connectivity index (χ0v) is 15.8. The van der Waals surface area contributed by atoms with E-state index in [2.05, 4.69) is 41.4 Å². The molecule has 6 nitrogen and oxygen atoms in total. The molecule has 3 rings (SSSR count). The highest BCUT2D eigenvalue weighted by molar-refractivity contribution is 5.79. The summed E-state index contributed by atoms with van der Waals surface area (Å²) in [5.74, 6) is 1.71. The predicted molar refractivity (Wildman–Crippen MR) is 105 cm³/mol. The molecule has 1 aliphatic rings. The SMILES string of the molecule is CCNC(=NCc1ccccc1-n1cccn1)N(C)CCOCC1CC1. The minimum Gasteiger partial charge on any atom is -0.379 e. The van der Waals surface area contributed by atoms with Crippen LogP contribution in [0.5, 0.6) is 0 Å². The molecular weight excluding hydrogens is 326 g/mol. The first kappa shape index (κ1) is 18.5. The number of rotatable bonds is 9. The molecule has 2 aromatic rings. The Hall–Kier alpha value is -2.34. The molecule has 0 amide bonds. The molecule has 1 saturated carbocycles. The van der Waals surface area contributed by atoms with Gasteiger partial charge in [0.25, 0.3) is 0 Å². The zero-order valence-electron chi connectivity index (χ0n) is 15.8. The van der Waals surface area contributed by atoms with Crippen LogP contribution in [0.1, 0.15) is 25.3 Å². The molecule has 26 heavy (non-hydrogen) atoms. The summed E-state index contributed by atoms with van der Waals surface area (Å²) in [6.07, 6.45) is 6.40. The first-order valence-corrected chi connectivity index (χ1v) is 9.43. The van der Waals surface area contributed by atoms with Crippen LogP contribution < -0.4 is 5.32 Å². The number of nitrogens with zero attached hydrogens (tertiary/aromatic N) is 4. The van der Waals surface area contributed by atoms with Crippen LogP contribution in [0.3, 0.4) is 0 Å². The van der Waals surface area contributed by atoms with Crippen molar-refractivity contribution in [2.45, 2.75) is 26.3 Å². The number of aliphatic imine (C=N–C) groups is 1. The summed E-state index contributed by atoms with van der Waals surface area (Å²) in [7, 11) is 2.06. The van der Waals surface area contributed by atoms with Crippen molar-refractivity contribution in [2.24, 2.45) is 10.9 Å². The average Bonchev–Trinajstić information content (AvgIpc) is 3.33. The lowest BCUT2D eigenvalue weighted by molar-refractivity contribution is 0.115. The fraction of sp³-hybridized carbons (Fsp3) is 0.500. The molecule has 140 valence electrons. The summed E-state index contributed by atoms with van der Waals surface area (Å²) < 4.78 is 7.63. The Morgan fingerprint density at radius 3 is 2.92 bits per heavy atom. The maximum absolute atomic E-state index is 5.75. The van der Waals surface area contributed by atoms with Crippen LogP contribution in [-0.4, -0.2) is 54.0 Å². The van der Waals surface area contributed by atoms with Gasteiger partial charge in [-0.1, -0.05) is 18.2 Å². The highest BCUT2D eigenvalue weighted by Crippen LogP contribution is 2.28. The maximum atomic E-state index is 5.75. The summed E-state index contributed by atoms with van der Waals surface area (Å²) in [6, 6.07) is 10.2. The molecule has 0 atom stereocenters. The number of nitrogens with one attached hydrogen (secondary N) is 1. The molecular formula is C20H29N5O. The van der Waals surface area contributed by atoms with Crippen LogP contribution >= 0.6 is 0 Å². The van der Waals surface area contributed by atoms with Gasteiger partial charge in [-0.05, 0) is 43.4 Å². The second kappa shape index (κ2) is 9.38. The van der Waals surface area contributed by atoms with Crippen molar-refractivity contribution in [3.63, 3.8) is 0 Å². The molecule has 1 heterocycles. The molecule has 1 fully saturated rings. The Morgan fingerprint density at radius 1 is 1.35 bits per heavy atom. The molecule has 0 unspecified atom stereocenters.